The Kier molecular flexibility index (Phi) is 8.37. The van der Waals surface area contributed by atoms with Crippen LogP contribution in [-0.4, -0.2) is 45.9 Å². The Morgan fingerprint density at radius 3 is 2.21 bits per heavy atom. The molecule has 8 heteroatoms. The van der Waals surface area contributed by atoms with Gasteiger partial charge in [0.2, 0.25) is 10.0 Å². The average Bonchev–Trinajstić information content (AvgIpc) is 3.12. The van der Waals surface area contributed by atoms with Crippen LogP contribution in [0.25, 0.3) is 0 Å². The smallest absolute Gasteiger partial charge is 0.255 e. The maximum Gasteiger partial charge on any atom is 0.255 e. The van der Waals surface area contributed by atoms with E-state index in [2.05, 4.69) is 5.32 Å². The lowest BCUT2D eigenvalue weighted by atomic mass is 10.0. The van der Waals surface area contributed by atoms with Gasteiger partial charge in [-0.3, -0.25) is 4.79 Å². The van der Waals surface area contributed by atoms with Gasteiger partial charge in [-0.2, -0.15) is 4.31 Å². The molecule has 180 valence electrons. The number of hydrogen-bond donors (Lipinski definition) is 1. The van der Waals surface area contributed by atoms with Gasteiger partial charge in [0.25, 0.3) is 5.91 Å². The van der Waals surface area contributed by atoms with Crippen molar-refractivity contribution in [1.82, 2.24) is 9.62 Å². The minimum Gasteiger partial charge on any atom is -0.496 e. The molecule has 2 aromatic carbocycles. The molecule has 0 saturated carbocycles. The zero-order valence-corrected chi connectivity index (χ0v) is 20.7. The summed E-state index contributed by atoms with van der Waals surface area (Å²) in [6.45, 7) is 4.95. The van der Waals surface area contributed by atoms with Crippen LogP contribution in [-0.2, 0) is 10.0 Å². The number of amides is 1. The molecule has 0 aromatic heterocycles. The standard InChI is InChI=1S/C25H34N2O5S/c1-5-22(19-10-12-23(31-3)18(2)16-19)26-25(28)21-17-20(11-13-24(21)32-4)33(29,30)27-14-8-6-7-9-15-27/h10-13,16-17,22H,5-9,14-15H2,1-4H3,(H,26,28)/t22-/m0/s1. The molecule has 3 rings (SSSR count). The summed E-state index contributed by atoms with van der Waals surface area (Å²) in [7, 11) is -0.586. The summed E-state index contributed by atoms with van der Waals surface area (Å²) in [5, 5.41) is 3.04. The molecule has 33 heavy (non-hydrogen) atoms. The minimum absolute atomic E-state index is 0.115. The number of nitrogens with zero attached hydrogens (tertiary/aromatic N) is 1. The first-order valence-corrected chi connectivity index (χ1v) is 12.9. The number of hydrogen-bond acceptors (Lipinski definition) is 5. The number of rotatable bonds is 8. The van der Waals surface area contributed by atoms with Crippen molar-refractivity contribution in [2.45, 2.75) is 56.9 Å². The molecular weight excluding hydrogens is 440 g/mol. The van der Waals surface area contributed by atoms with Gasteiger partial charge >= 0.3 is 0 Å². The molecule has 0 bridgehead atoms. The Bertz CT molecular complexity index is 1080. The highest BCUT2D eigenvalue weighted by atomic mass is 32.2. The van der Waals surface area contributed by atoms with Crippen molar-refractivity contribution in [2.24, 2.45) is 0 Å². The van der Waals surface area contributed by atoms with Crippen molar-refractivity contribution in [3.05, 3.63) is 53.1 Å². The Labute approximate surface area is 197 Å². The van der Waals surface area contributed by atoms with E-state index in [1.807, 2.05) is 32.0 Å². The van der Waals surface area contributed by atoms with Crippen LogP contribution >= 0.6 is 0 Å². The second-order valence-corrected chi connectivity index (χ2v) is 10.3. The van der Waals surface area contributed by atoms with E-state index in [4.69, 9.17) is 9.47 Å². The summed E-state index contributed by atoms with van der Waals surface area (Å²) in [6, 6.07) is 10.1. The predicted octanol–water partition coefficient (Wildman–Crippen LogP) is 4.46. The lowest BCUT2D eigenvalue weighted by Crippen LogP contribution is -2.32. The zero-order chi connectivity index (χ0) is 24.0. The van der Waals surface area contributed by atoms with Crippen LogP contribution in [0, 0.1) is 6.92 Å². The molecule has 1 N–H and O–H groups in total. The Balaban J connectivity index is 1.89. The summed E-state index contributed by atoms with van der Waals surface area (Å²) in [5.41, 5.74) is 2.14. The zero-order valence-electron chi connectivity index (χ0n) is 19.9. The van der Waals surface area contributed by atoms with Gasteiger partial charge in [-0.05, 0) is 61.6 Å². The lowest BCUT2D eigenvalue weighted by Gasteiger charge is -2.22. The van der Waals surface area contributed by atoms with Gasteiger partial charge in [-0.15, -0.1) is 0 Å². The van der Waals surface area contributed by atoms with Crippen molar-refractivity contribution in [3.63, 3.8) is 0 Å². The number of aryl methyl sites for hydroxylation is 1. The highest BCUT2D eigenvalue weighted by Gasteiger charge is 2.27. The topological polar surface area (TPSA) is 84.9 Å². The van der Waals surface area contributed by atoms with E-state index in [9.17, 15) is 13.2 Å². The normalized spacial score (nSPS) is 16.0. The van der Waals surface area contributed by atoms with E-state index in [-0.39, 0.29) is 22.4 Å². The van der Waals surface area contributed by atoms with Gasteiger partial charge in [0.15, 0.2) is 0 Å². The minimum atomic E-state index is -3.68. The number of nitrogens with one attached hydrogen (secondary N) is 1. The quantitative estimate of drug-likeness (QED) is 0.611. The predicted molar refractivity (Wildman–Crippen MR) is 128 cm³/mol. The fourth-order valence-corrected chi connectivity index (χ4v) is 5.78. The van der Waals surface area contributed by atoms with E-state index >= 15 is 0 Å². The van der Waals surface area contributed by atoms with Gasteiger partial charge in [-0.1, -0.05) is 31.9 Å². The molecule has 0 unspecified atom stereocenters. The fourth-order valence-electron chi connectivity index (χ4n) is 4.23. The van der Waals surface area contributed by atoms with Crippen LogP contribution in [0.5, 0.6) is 11.5 Å². The summed E-state index contributed by atoms with van der Waals surface area (Å²) in [4.78, 5) is 13.4. The SMILES string of the molecule is CC[C@H](NC(=O)c1cc(S(=O)(=O)N2CCCCCC2)ccc1OC)c1ccc(OC)c(C)c1. The molecule has 0 radical (unpaired) electrons. The summed E-state index contributed by atoms with van der Waals surface area (Å²) in [6.07, 6.45) is 4.44. The lowest BCUT2D eigenvalue weighted by molar-refractivity contribution is 0.0932. The highest BCUT2D eigenvalue weighted by Crippen LogP contribution is 2.28. The molecule has 2 aromatic rings. The largest absolute Gasteiger partial charge is 0.496 e. The molecule has 1 atom stereocenters. The molecule has 7 nitrogen and oxygen atoms in total. The molecule has 0 spiro atoms. The van der Waals surface area contributed by atoms with Crippen LogP contribution in [0.2, 0.25) is 0 Å². The number of methoxy groups -OCH3 is 2. The first kappa shape index (κ1) is 25.1. The molecule has 1 saturated heterocycles. The molecule has 0 aliphatic carbocycles. The molecule has 1 amide bonds. The Morgan fingerprint density at radius 1 is 1.00 bits per heavy atom. The summed E-state index contributed by atoms with van der Waals surface area (Å²) < 4.78 is 38.7. The highest BCUT2D eigenvalue weighted by molar-refractivity contribution is 7.89. The fraction of sp³-hybridized carbons (Fsp3) is 0.480. The van der Waals surface area contributed by atoms with Crippen molar-refractivity contribution in [3.8, 4) is 11.5 Å². The number of benzene rings is 2. The Hall–Kier alpha value is -2.58. The first-order chi connectivity index (χ1) is 15.8. The van der Waals surface area contributed by atoms with Crippen LogP contribution in [0.1, 0.15) is 66.6 Å². The third-order valence-electron chi connectivity index (χ3n) is 6.15. The van der Waals surface area contributed by atoms with Crippen LogP contribution in [0.3, 0.4) is 0 Å². The summed E-state index contributed by atoms with van der Waals surface area (Å²) >= 11 is 0. The van der Waals surface area contributed by atoms with Crippen molar-refractivity contribution in [1.29, 1.82) is 0 Å². The maximum atomic E-state index is 13.3. The summed E-state index contributed by atoms with van der Waals surface area (Å²) in [5.74, 6) is 0.746. The van der Waals surface area contributed by atoms with Crippen molar-refractivity contribution < 1.29 is 22.7 Å². The molecule has 1 aliphatic heterocycles. The second-order valence-electron chi connectivity index (χ2n) is 8.34. The van der Waals surface area contributed by atoms with Crippen LogP contribution < -0.4 is 14.8 Å². The maximum absolute atomic E-state index is 13.3. The number of ether oxygens (including phenoxy) is 2. The molecular formula is C25H34N2O5S. The van der Waals surface area contributed by atoms with E-state index in [1.165, 1.54) is 23.5 Å². The average molecular weight is 475 g/mol. The first-order valence-electron chi connectivity index (χ1n) is 11.5. The van der Waals surface area contributed by atoms with E-state index in [0.717, 1.165) is 42.6 Å². The van der Waals surface area contributed by atoms with Crippen molar-refractivity contribution in [2.75, 3.05) is 27.3 Å². The Morgan fingerprint density at radius 2 is 1.64 bits per heavy atom. The monoisotopic (exact) mass is 474 g/mol. The molecule has 1 fully saturated rings. The van der Waals surface area contributed by atoms with Crippen molar-refractivity contribution >= 4 is 15.9 Å². The van der Waals surface area contributed by atoms with E-state index < -0.39 is 10.0 Å². The van der Waals surface area contributed by atoms with Gasteiger partial charge in [-0.25, -0.2) is 8.42 Å². The third-order valence-corrected chi connectivity index (χ3v) is 8.05. The van der Waals surface area contributed by atoms with Gasteiger partial charge in [0.05, 0.1) is 30.7 Å². The van der Waals surface area contributed by atoms with E-state index in [0.29, 0.717) is 25.3 Å². The molecule has 1 heterocycles. The van der Waals surface area contributed by atoms with Crippen LogP contribution in [0.4, 0.5) is 0 Å². The number of carbonyl (C=O) groups is 1. The number of sulfonamides is 1. The van der Waals surface area contributed by atoms with E-state index in [1.54, 1.807) is 13.2 Å². The third kappa shape index (κ3) is 5.68. The van der Waals surface area contributed by atoms with Gasteiger partial charge in [0, 0.05) is 13.1 Å². The number of carbonyl (C=O) groups excluding carboxylic acids is 1. The van der Waals surface area contributed by atoms with Crippen LogP contribution in [0.15, 0.2) is 41.3 Å². The van der Waals surface area contributed by atoms with Gasteiger partial charge < -0.3 is 14.8 Å². The molecule has 1 aliphatic rings. The van der Waals surface area contributed by atoms with Gasteiger partial charge in [0.1, 0.15) is 11.5 Å². The second kappa shape index (κ2) is 11.0.